The molecule has 0 atom stereocenters. The first kappa shape index (κ1) is 9.10. The molecule has 0 saturated carbocycles. The highest BCUT2D eigenvalue weighted by Crippen LogP contribution is 2.22. The second-order valence-electron chi connectivity index (χ2n) is 3.59. The molecule has 12 heavy (non-hydrogen) atoms. The van der Waals surface area contributed by atoms with Crippen LogP contribution in [0.2, 0.25) is 0 Å². The van der Waals surface area contributed by atoms with Crippen LogP contribution in [0.3, 0.4) is 0 Å². The van der Waals surface area contributed by atoms with E-state index in [0.717, 1.165) is 18.1 Å². The largest absolute Gasteiger partial charge is 0.222 e. The van der Waals surface area contributed by atoms with E-state index in [1.165, 1.54) is 0 Å². The molecule has 1 aromatic heterocycles. The maximum atomic E-state index is 4.29. The van der Waals surface area contributed by atoms with E-state index in [2.05, 4.69) is 35.7 Å². The third-order valence-electron chi connectivity index (χ3n) is 2.18. The van der Waals surface area contributed by atoms with Crippen molar-refractivity contribution in [1.82, 2.24) is 15.0 Å². The molecule has 3 nitrogen and oxygen atoms in total. The van der Waals surface area contributed by atoms with E-state index in [9.17, 15) is 0 Å². The molecule has 1 aromatic rings. The van der Waals surface area contributed by atoms with Crippen LogP contribution in [0.1, 0.15) is 38.8 Å². The minimum absolute atomic E-state index is 0.0632. The minimum atomic E-state index is 0.0632. The van der Waals surface area contributed by atoms with E-state index in [1.807, 2.05) is 6.92 Å². The second kappa shape index (κ2) is 3.17. The van der Waals surface area contributed by atoms with Crippen molar-refractivity contribution in [2.45, 2.75) is 39.5 Å². The predicted octanol–water partition coefficient (Wildman–Crippen LogP) is 1.87. The molecule has 0 aliphatic carbocycles. The Kier molecular flexibility index (Phi) is 2.40. The van der Waals surface area contributed by atoms with Gasteiger partial charge in [0, 0.05) is 5.41 Å². The van der Waals surface area contributed by atoms with Crippen molar-refractivity contribution in [2.24, 2.45) is 0 Å². The summed E-state index contributed by atoms with van der Waals surface area (Å²) in [5.41, 5.74) is 0.0632. The number of hydrogen-bond donors (Lipinski definition) is 0. The molecular formula is C9H15N3. The zero-order valence-electron chi connectivity index (χ0n) is 8.13. The monoisotopic (exact) mass is 165 g/mol. The highest BCUT2D eigenvalue weighted by molar-refractivity contribution is 5.02. The molecule has 0 spiro atoms. The molecule has 1 heterocycles. The van der Waals surface area contributed by atoms with Crippen LogP contribution < -0.4 is 0 Å². The fraction of sp³-hybridized carbons (Fsp3) is 0.667. The summed E-state index contributed by atoms with van der Waals surface area (Å²) in [5.74, 6) is 1.68. The fourth-order valence-corrected chi connectivity index (χ4v) is 0.862. The van der Waals surface area contributed by atoms with Gasteiger partial charge in [0.2, 0.25) is 0 Å². The molecule has 0 amide bonds. The van der Waals surface area contributed by atoms with Crippen molar-refractivity contribution >= 4 is 0 Å². The standard InChI is InChI=1S/C9H15N3/c1-5-9(3,4)8-11-6-10-7(2)12-8/h6H,5H2,1-4H3. The quantitative estimate of drug-likeness (QED) is 0.671. The molecule has 0 saturated heterocycles. The lowest BCUT2D eigenvalue weighted by Gasteiger charge is -2.19. The Bertz CT molecular complexity index is 268. The highest BCUT2D eigenvalue weighted by atomic mass is 15.0. The van der Waals surface area contributed by atoms with Gasteiger partial charge in [0.1, 0.15) is 18.0 Å². The maximum absolute atomic E-state index is 4.29. The van der Waals surface area contributed by atoms with Gasteiger partial charge in [-0.2, -0.15) is 0 Å². The average molecular weight is 165 g/mol. The van der Waals surface area contributed by atoms with Crippen molar-refractivity contribution < 1.29 is 0 Å². The Hall–Kier alpha value is -0.990. The molecule has 0 radical (unpaired) electrons. The predicted molar refractivity (Wildman–Crippen MR) is 47.9 cm³/mol. The van der Waals surface area contributed by atoms with Crippen LogP contribution in [-0.4, -0.2) is 15.0 Å². The van der Waals surface area contributed by atoms with Crippen LogP contribution in [0.25, 0.3) is 0 Å². The van der Waals surface area contributed by atoms with Gasteiger partial charge in [0.15, 0.2) is 0 Å². The molecule has 3 heteroatoms. The summed E-state index contributed by atoms with van der Waals surface area (Å²) >= 11 is 0. The first-order chi connectivity index (χ1) is 5.56. The van der Waals surface area contributed by atoms with Crippen LogP contribution in [0.5, 0.6) is 0 Å². The van der Waals surface area contributed by atoms with E-state index < -0.39 is 0 Å². The van der Waals surface area contributed by atoms with E-state index in [-0.39, 0.29) is 5.41 Å². The van der Waals surface area contributed by atoms with Crippen molar-refractivity contribution in [2.75, 3.05) is 0 Å². The van der Waals surface area contributed by atoms with Gasteiger partial charge < -0.3 is 0 Å². The van der Waals surface area contributed by atoms with E-state index in [4.69, 9.17) is 0 Å². The SMILES string of the molecule is CCC(C)(C)c1ncnc(C)n1. The Balaban J connectivity index is 3.03. The van der Waals surface area contributed by atoms with Crippen molar-refractivity contribution in [3.8, 4) is 0 Å². The Morgan fingerprint density at radius 3 is 2.50 bits per heavy atom. The van der Waals surface area contributed by atoms with E-state index in [1.54, 1.807) is 6.33 Å². The van der Waals surface area contributed by atoms with Crippen molar-refractivity contribution in [3.05, 3.63) is 18.0 Å². The van der Waals surface area contributed by atoms with Gasteiger partial charge in [-0.15, -0.1) is 0 Å². The van der Waals surface area contributed by atoms with Gasteiger partial charge in [0.05, 0.1) is 0 Å². The van der Waals surface area contributed by atoms with Gasteiger partial charge in [0.25, 0.3) is 0 Å². The first-order valence-electron chi connectivity index (χ1n) is 4.22. The summed E-state index contributed by atoms with van der Waals surface area (Å²) in [6.45, 7) is 8.31. The van der Waals surface area contributed by atoms with Crippen molar-refractivity contribution in [1.29, 1.82) is 0 Å². The topological polar surface area (TPSA) is 38.7 Å². The Morgan fingerprint density at radius 2 is 2.00 bits per heavy atom. The van der Waals surface area contributed by atoms with Crippen LogP contribution in [0.4, 0.5) is 0 Å². The summed E-state index contributed by atoms with van der Waals surface area (Å²) in [6.07, 6.45) is 2.62. The smallest absolute Gasteiger partial charge is 0.137 e. The number of aryl methyl sites for hydroxylation is 1. The normalized spacial score (nSPS) is 11.7. The molecule has 0 aliphatic heterocycles. The zero-order valence-corrected chi connectivity index (χ0v) is 8.13. The fourth-order valence-electron chi connectivity index (χ4n) is 0.862. The van der Waals surface area contributed by atoms with Gasteiger partial charge in [-0.25, -0.2) is 15.0 Å². The van der Waals surface area contributed by atoms with Gasteiger partial charge in [-0.3, -0.25) is 0 Å². The molecule has 0 bridgehead atoms. The molecule has 66 valence electrons. The molecule has 0 aromatic carbocycles. The summed E-state index contributed by atoms with van der Waals surface area (Å²) in [4.78, 5) is 12.4. The molecule has 0 N–H and O–H groups in total. The Morgan fingerprint density at radius 1 is 1.33 bits per heavy atom. The Labute approximate surface area is 73.3 Å². The van der Waals surface area contributed by atoms with E-state index >= 15 is 0 Å². The number of hydrogen-bond acceptors (Lipinski definition) is 3. The number of aromatic nitrogens is 3. The lowest BCUT2D eigenvalue weighted by Crippen LogP contribution is -2.20. The van der Waals surface area contributed by atoms with E-state index in [0.29, 0.717) is 0 Å². The summed E-state index contributed by atoms with van der Waals surface area (Å²) < 4.78 is 0. The van der Waals surface area contributed by atoms with Crippen LogP contribution in [-0.2, 0) is 5.41 Å². The second-order valence-corrected chi connectivity index (χ2v) is 3.59. The summed E-state index contributed by atoms with van der Waals surface area (Å²) in [5, 5.41) is 0. The highest BCUT2D eigenvalue weighted by Gasteiger charge is 2.21. The minimum Gasteiger partial charge on any atom is -0.222 e. The average Bonchev–Trinajstić information content (AvgIpc) is 2.05. The number of nitrogens with zero attached hydrogens (tertiary/aromatic N) is 3. The van der Waals surface area contributed by atoms with Crippen LogP contribution >= 0.6 is 0 Å². The molecule has 0 fully saturated rings. The third-order valence-corrected chi connectivity index (χ3v) is 2.18. The van der Waals surface area contributed by atoms with Gasteiger partial charge in [-0.1, -0.05) is 20.8 Å². The number of rotatable bonds is 2. The lowest BCUT2D eigenvalue weighted by molar-refractivity contribution is 0.468. The molecule has 1 rings (SSSR count). The van der Waals surface area contributed by atoms with Gasteiger partial charge in [-0.05, 0) is 13.3 Å². The lowest BCUT2D eigenvalue weighted by atomic mass is 9.89. The first-order valence-corrected chi connectivity index (χ1v) is 4.22. The molecular weight excluding hydrogens is 150 g/mol. The van der Waals surface area contributed by atoms with Crippen LogP contribution in [0, 0.1) is 6.92 Å². The summed E-state index contributed by atoms with van der Waals surface area (Å²) in [7, 11) is 0. The van der Waals surface area contributed by atoms with Crippen molar-refractivity contribution in [3.63, 3.8) is 0 Å². The maximum Gasteiger partial charge on any atom is 0.137 e. The molecule has 0 aliphatic rings. The summed E-state index contributed by atoms with van der Waals surface area (Å²) in [6, 6.07) is 0. The zero-order chi connectivity index (χ0) is 9.19. The molecule has 0 unspecified atom stereocenters. The van der Waals surface area contributed by atoms with Gasteiger partial charge >= 0.3 is 0 Å². The van der Waals surface area contributed by atoms with Crippen LogP contribution in [0.15, 0.2) is 6.33 Å². The third kappa shape index (κ3) is 1.78.